The average molecular weight is 234 g/mol. The molecular weight excluding hydrogens is 220 g/mol. The van der Waals surface area contributed by atoms with Crippen LogP contribution in [0, 0.1) is 5.92 Å². The van der Waals surface area contributed by atoms with Crippen LogP contribution in [0.25, 0.3) is 0 Å². The zero-order valence-corrected chi connectivity index (χ0v) is 9.27. The van der Waals surface area contributed by atoms with Gasteiger partial charge in [-0.2, -0.15) is 0 Å². The number of carbonyl (C=O) groups is 2. The lowest BCUT2D eigenvalue weighted by Crippen LogP contribution is -2.43. The minimum absolute atomic E-state index is 0.179. The number of piperidine rings is 1. The van der Waals surface area contributed by atoms with Crippen molar-refractivity contribution in [3.63, 3.8) is 0 Å². The first-order chi connectivity index (χ1) is 8.15. The second-order valence-corrected chi connectivity index (χ2v) is 4.08. The number of amides is 2. The van der Waals surface area contributed by atoms with Crippen molar-refractivity contribution in [1.29, 1.82) is 0 Å². The molecule has 0 aliphatic carbocycles. The van der Waals surface area contributed by atoms with Crippen LogP contribution in [0.3, 0.4) is 0 Å². The number of hydrogen-bond acceptors (Lipinski definition) is 4. The number of phenols is 1. The van der Waals surface area contributed by atoms with E-state index < -0.39 is 0 Å². The summed E-state index contributed by atoms with van der Waals surface area (Å²) in [6, 6.07) is 6.71. The van der Waals surface area contributed by atoms with Crippen molar-refractivity contribution in [1.82, 2.24) is 5.32 Å². The normalized spacial score (nSPS) is 19.9. The Bertz CT molecular complexity index is 445. The molecule has 0 spiro atoms. The molecule has 3 N–H and O–H groups in total. The van der Waals surface area contributed by atoms with Crippen LogP contribution in [0.2, 0.25) is 0 Å². The molecule has 1 fully saturated rings. The number of phenolic OH excluding ortho intramolecular Hbond substituents is 1. The van der Waals surface area contributed by atoms with Crippen LogP contribution in [-0.2, 0) is 9.59 Å². The van der Waals surface area contributed by atoms with Crippen LogP contribution in [0.1, 0.15) is 12.8 Å². The van der Waals surface area contributed by atoms with Crippen molar-refractivity contribution in [3.05, 3.63) is 24.3 Å². The maximum absolute atomic E-state index is 11.5. The Morgan fingerprint density at radius 3 is 2.94 bits per heavy atom. The fourth-order valence-corrected chi connectivity index (χ4v) is 1.79. The van der Waals surface area contributed by atoms with Crippen LogP contribution in [0.15, 0.2) is 24.3 Å². The maximum atomic E-state index is 11.5. The molecule has 2 amide bonds. The van der Waals surface area contributed by atoms with Gasteiger partial charge in [0.2, 0.25) is 11.8 Å². The third-order valence-electron chi connectivity index (χ3n) is 2.75. The molecule has 0 saturated carbocycles. The Morgan fingerprint density at radius 1 is 1.41 bits per heavy atom. The summed E-state index contributed by atoms with van der Waals surface area (Å²) in [5.74, 6) is -0.453. The summed E-state index contributed by atoms with van der Waals surface area (Å²) in [7, 11) is 0. The van der Waals surface area contributed by atoms with Crippen molar-refractivity contribution >= 4 is 17.5 Å². The van der Waals surface area contributed by atoms with E-state index in [2.05, 4.69) is 10.6 Å². The summed E-state index contributed by atoms with van der Waals surface area (Å²) in [4.78, 5) is 22.4. The van der Waals surface area contributed by atoms with Crippen LogP contribution in [0.5, 0.6) is 5.75 Å². The summed E-state index contributed by atoms with van der Waals surface area (Å²) in [5.41, 5.74) is 0.759. The lowest BCUT2D eigenvalue weighted by atomic mass is 9.98. The minimum Gasteiger partial charge on any atom is -0.508 e. The van der Waals surface area contributed by atoms with E-state index in [0.29, 0.717) is 19.4 Å². The standard InChI is InChI=1S/C12H14N2O3/c15-10-3-1-2-9(6-10)13-7-8-4-5-11(16)14-12(8)17/h1-3,6,8,13,15H,4-5,7H2,(H,14,16,17). The van der Waals surface area contributed by atoms with Gasteiger partial charge in [-0.3, -0.25) is 14.9 Å². The van der Waals surface area contributed by atoms with E-state index in [1.807, 2.05) is 6.07 Å². The van der Waals surface area contributed by atoms with Gasteiger partial charge >= 0.3 is 0 Å². The molecule has 1 aliphatic heterocycles. The third-order valence-corrected chi connectivity index (χ3v) is 2.75. The Kier molecular flexibility index (Phi) is 3.27. The summed E-state index contributed by atoms with van der Waals surface area (Å²) < 4.78 is 0. The molecule has 17 heavy (non-hydrogen) atoms. The minimum atomic E-state index is -0.228. The van der Waals surface area contributed by atoms with E-state index in [1.54, 1.807) is 18.2 Å². The number of aromatic hydroxyl groups is 1. The Labute approximate surface area is 98.8 Å². The number of hydrogen-bond donors (Lipinski definition) is 3. The molecule has 5 nitrogen and oxygen atoms in total. The smallest absolute Gasteiger partial charge is 0.231 e. The number of anilines is 1. The van der Waals surface area contributed by atoms with E-state index in [0.717, 1.165) is 5.69 Å². The first kappa shape index (κ1) is 11.4. The zero-order valence-electron chi connectivity index (χ0n) is 9.27. The summed E-state index contributed by atoms with van der Waals surface area (Å²) in [5, 5.41) is 14.7. The number of carbonyl (C=O) groups excluding carboxylic acids is 2. The fraction of sp³-hybridized carbons (Fsp3) is 0.333. The van der Waals surface area contributed by atoms with Gasteiger partial charge in [0.05, 0.1) is 5.92 Å². The van der Waals surface area contributed by atoms with Gasteiger partial charge in [-0.1, -0.05) is 6.07 Å². The van der Waals surface area contributed by atoms with Crippen molar-refractivity contribution in [2.45, 2.75) is 12.8 Å². The van der Waals surface area contributed by atoms with E-state index in [9.17, 15) is 14.7 Å². The van der Waals surface area contributed by atoms with E-state index in [1.165, 1.54) is 0 Å². The van der Waals surface area contributed by atoms with Gasteiger partial charge in [0.15, 0.2) is 0 Å². The van der Waals surface area contributed by atoms with Crippen molar-refractivity contribution in [3.8, 4) is 5.75 Å². The summed E-state index contributed by atoms with van der Waals surface area (Å²) >= 11 is 0. The largest absolute Gasteiger partial charge is 0.508 e. The fourth-order valence-electron chi connectivity index (χ4n) is 1.79. The molecule has 1 atom stereocenters. The molecule has 0 bridgehead atoms. The lowest BCUT2D eigenvalue weighted by molar-refractivity contribution is -0.135. The molecule has 0 radical (unpaired) electrons. The number of rotatable bonds is 3. The second-order valence-electron chi connectivity index (χ2n) is 4.08. The van der Waals surface area contributed by atoms with Crippen LogP contribution < -0.4 is 10.6 Å². The number of benzene rings is 1. The molecule has 0 aromatic heterocycles. The van der Waals surface area contributed by atoms with Crippen LogP contribution in [0.4, 0.5) is 5.69 Å². The Balaban J connectivity index is 1.90. The van der Waals surface area contributed by atoms with Gasteiger partial charge in [-0.15, -0.1) is 0 Å². The number of nitrogens with one attached hydrogen (secondary N) is 2. The maximum Gasteiger partial charge on any atom is 0.231 e. The molecule has 1 heterocycles. The predicted molar refractivity (Wildman–Crippen MR) is 62.5 cm³/mol. The third kappa shape index (κ3) is 2.96. The summed E-state index contributed by atoms with van der Waals surface area (Å²) in [6.45, 7) is 0.461. The van der Waals surface area contributed by atoms with Gasteiger partial charge < -0.3 is 10.4 Å². The van der Waals surface area contributed by atoms with Crippen molar-refractivity contribution in [2.24, 2.45) is 5.92 Å². The number of imide groups is 1. The molecule has 1 aromatic carbocycles. The quantitative estimate of drug-likeness (QED) is 0.678. The van der Waals surface area contributed by atoms with Crippen molar-refractivity contribution in [2.75, 3.05) is 11.9 Å². The topological polar surface area (TPSA) is 78.4 Å². The van der Waals surface area contributed by atoms with Crippen LogP contribution in [-0.4, -0.2) is 23.5 Å². The highest BCUT2D eigenvalue weighted by atomic mass is 16.3. The molecular formula is C12H14N2O3. The average Bonchev–Trinajstić information content (AvgIpc) is 2.28. The van der Waals surface area contributed by atoms with Gasteiger partial charge in [-0.05, 0) is 18.6 Å². The van der Waals surface area contributed by atoms with Gasteiger partial charge in [0.1, 0.15) is 5.75 Å². The first-order valence-corrected chi connectivity index (χ1v) is 5.52. The van der Waals surface area contributed by atoms with Gasteiger partial charge in [-0.25, -0.2) is 0 Å². The highest BCUT2D eigenvalue weighted by Gasteiger charge is 2.25. The molecule has 5 heteroatoms. The lowest BCUT2D eigenvalue weighted by Gasteiger charge is -2.21. The Hall–Kier alpha value is -2.04. The van der Waals surface area contributed by atoms with Crippen LogP contribution >= 0.6 is 0 Å². The second kappa shape index (κ2) is 4.86. The molecule has 1 aliphatic rings. The monoisotopic (exact) mass is 234 g/mol. The first-order valence-electron chi connectivity index (χ1n) is 5.52. The van der Waals surface area contributed by atoms with Gasteiger partial charge in [0, 0.05) is 24.7 Å². The Morgan fingerprint density at radius 2 is 2.24 bits per heavy atom. The molecule has 90 valence electrons. The highest BCUT2D eigenvalue weighted by molar-refractivity contribution is 5.98. The van der Waals surface area contributed by atoms with E-state index >= 15 is 0 Å². The summed E-state index contributed by atoms with van der Waals surface area (Å²) in [6.07, 6.45) is 0.953. The molecule has 1 unspecified atom stereocenters. The predicted octanol–water partition coefficient (Wildman–Crippen LogP) is 0.857. The highest BCUT2D eigenvalue weighted by Crippen LogP contribution is 2.17. The zero-order chi connectivity index (χ0) is 12.3. The van der Waals surface area contributed by atoms with E-state index in [4.69, 9.17) is 0 Å². The van der Waals surface area contributed by atoms with E-state index in [-0.39, 0.29) is 23.5 Å². The van der Waals surface area contributed by atoms with Crippen molar-refractivity contribution < 1.29 is 14.7 Å². The molecule has 1 saturated heterocycles. The molecule has 1 aromatic rings. The SMILES string of the molecule is O=C1CCC(CNc2cccc(O)c2)C(=O)N1. The molecule has 2 rings (SSSR count). The van der Waals surface area contributed by atoms with Gasteiger partial charge in [0.25, 0.3) is 0 Å².